The fraction of sp³-hybridized carbons (Fsp3) is 0.508. The highest BCUT2D eigenvalue weighted by molar-refractivity contribution is 6.03. The number of likely N-dealkylation sites (N-methyl/N-ethyl adjacent to an activating group) is 3. The fourth-order valence-electron chi connectivity index (χ4n) is 11.7. The molecule has 4 aliphatic rings. The van der Waals surface area contributed by atoms with Crippen molar-refractivity contribution in [2.45, 2.75) is 114 Å². The predicted molar refractivity (Wildman–Crippen MR) is 321 cm³/mol. The van der Waals surface area contributed by atoms with Gasteiger partial charge in [0.1, 0.15) is 47.8 Å². The van der Waals surface area contributed by atoms with Crippen LogP contribution < -0.4 is 31.9 Å². The van der Waals surface area contributed by atoms with Crippen molar-refractivity contribution in [3.8, 4) is 11.5 Å². The van der Waals surface area contributed by atoms with Crippen LogP contribution in [-0.2, 0) is 47.9 Å². The summed E-state index contributed by atoms with van der Waals surface area (Å²) < 4.78 is 0. The minimum absolute atomic E-state index is 0.0173. The minimum atomic E-state index is -1.60. The number of nitrogens with zero attached hydrogens (tertiary/aromatic N) is 8. The van der Waals surface area contributed by atoms with Crippen LogP contribution in [0.3, 0.4) is 0 Å². The van der Waals surface area contributed by atoms with Crippen LogP contribution in [0.5, 0.6) is 11.5 Å². The maximum absolute atomic E-state index is 14.9. The van der Waals surface area contributed by atoms with Gasteiger partial charge in [0.05, 0.1) is 37.2 Å². The average Bonchev–Trinajstić information content (AvgIpc) is 3.10. The third kappa shape index (κ3) is 15.8. The van der Waals surface area contributed by atoms with Gasteiger partial charge in [0.15, 0.2) is 11.4 Å². The first kappa shape index (κ1) is 65.5. The molecule has 476 valence electrons. The summed E-state index contributed by atoms with van der Waals surface area (Å²) in [6, 6.07) is 8.17. The molecule has 8 N–H and O–H groups in total. The first-order chi connectivity index (χ1) is 42.5. The molecule has 6 heterocycles. The molecule has 0 bridgehead atoms. The van der Waals surface area contributed by atoms with Crippen LogP contribution in [0.4, 0.5) is 0 Å². The number of rotatable bonds is 5. The molecule has 2 aromatic heterocycles. The van der Waals surface area contributed by atoms with Gasteiger partial charge >= 0.3 is 0 Å². The molecule has 2 aromatic carbocycles. The van der Waals surface area contributed by atoms with E-state index in [4.69, 9.17) is 0 Å². The Morgan fingerprint density at radius 2 is 0.899 bits per heavy atom. The molecule has 28 nitrogen and oxygen atoms in total. The van der Waals surface area contributed by atoms with E-state index in [0.717, 1.165) is 14.7 Å². The molecule has 0 aliphatic carbocycles. The molecule has 4 saturated heterocycles. The van der Waals surface area contributed by atoms with Crippen LogP contribution in [0, 0.1) is 5.92 Å². The van der Waals surface area contributed by atoms with Gasteiger partial charge < -0.3 is 71.5 Å². The number of benzene rings is 2. The van der Waals surface area contributed by atoms with E-state index >= 15 is 0 Å². The lowest BCUT2D eigenvalue weighted by molar-refractivity contribution is -0.146. The zero-order valence-corrected chi connectivity index (χ0v) is 50.6. The average molecular weight is 1230 g/mol. The molecule has 4 fully saturated rings. The van der Waals surface area contributed by atoms with Gasteiger partial charge in [-0.1, -0.05) is 63.1 Å². The third-order valence-electron chi connectivity index (χ3n) is 16.7. The monoisotopic (exact) mass is 1230 g/mol. The Morgan fingerprint density at radius 1 is 0.506 bits per heavy atom. The van der Waals surface area contributed by atoms with Gasteiger partial charge in [-0.15, -0.1) is 0 Å². The number of nitrogens with one attached hydrogen (secondary N) is 6. The Balaban J connectivity index is 1.07. The standard InChI is InChI=1S/C61H78N14O14/c1-35(2)53-59(87)63-30-41(69-58(86)52-46(77)28-37-18-9-11-20-39(37)67-52)61(89)75-26-16-13-23-44(75)56(84)65-32-48(79)71(4)34-50(81)73-24-14-6-7-21-42(73)54(82)62-29-40(68-57(85)51-45(76)27-36-17-8-10-19-38(36)66-51)60(88)74-25-15-12-22-43(74)55(83)64-31-47(78)70(3)33-49(80)72(53)5/h8-11,17-20,27-28,35,40-44,53,76-77H,6-7,12-16,21-26,29-34H2,1-5H3,(H,62,82)(H,63,87)(H,64,83)(H,65,84)(H,68,85)(H,69,86)/t40-,41-,42+,43+,44+,53+/m1/s1. The van der Waals surface area contributed by atoms with Gasteiger partial charge in [0.2, 0.25) is 59.1 Å². The SMILES string of the molecule is CC(C)[C@H]1C(=O)NC[C@@H](NC(=O)c2nc3ccccc3cc2O)C(=O)N2CCCC[C@H]2C(=O)NCC(=O)N(C)CC(=O)N2CCCCC[C@H]2C(=O)NC[C@@H](NC(=O)c2nc3ccccc3cc2O)C(=O)N2CCCC[C@H]2C(=O)NCC(=O)N(C)CC(=O)N1C. The lowest BCUT2D eigenvalue weighted by Crippen LogP contribution is -2.61. The molecular weight excluding hydrogens is 1150 g/mol. The summed E-state index contributed by atoms with van der Waals surface area (Å²) in [6.07, 6.45) is 3.99. The van der Waals surface area contributed by atoms with E-state index in [-0.39, 0.29) is 38.9 Å². The number of para-hydroxylation sites is 2. The fourth-order valence-corrected chi connectivity index (χ4v) is 11.7. The molecule has 89 heavy (non-hydrogen) atoms. The molecule has 28 heteroatoms. The van der Waals surface area contributed by atoms with Crippen molar-refractivity contribution in [1.29, 1.82) is 0 Å². The van der Waals surface area contributed by atoms with Crippen LogP contribution in [0.25, 0.3) is 21.8 Å². The third-order valence-corrected chi connectivity index (χ3v) is 16.7. The number of hydrogen-bond acceptors (Lipinski definition) is 16. The van der Waals surface area contributed by atoms with E-state index in [1.807, 2.05) is 0 Å². The minimum Gasteiger partial charge on any atom is -0.505 e. The Hall–Kier alpha value is -9.50. The molecule has 4 aromatic rings. The van der Waals surface area contributed by atoms with Crippen LogP contribution in [0.15, 0.2) is 60.7 Å². The molecule has 12 amide bonds. The van der Waals surface area contributed by atoms with E-state index in [0.29, 0.717) is 66.8 Å². The normalized spacial score (nSPS) is 23.7. The second-order valence-electron chi connectivity index (χ2n) is 23.3. The highest BCUT2D eigenvalue weighted by Crippen LogP contribution is 2.26. The molecule has 6 atom stereocenters. The molecule has 0 spiro atoms. The van der Waals surface area contributed by atoms with Crippen LogP contribution >= 0.6 is 0 Å². The number of aromatic hydroxyl groups is 2. The van der Waals surface area contributed by atoms with Crippen molar-refractivity contribution in [2.24, 2.45) is 5.92 Å². The quantitative estimate of drug-likeness (QED) is 0.125. The van der Waals surface area contributed by atoms with Crippen molar-refractivity contribution >= 4 is 92.7 Å². The van der Waals surface area contributed by atoms with E-state index in [9.17, 15) is 67.7 Å². The second-order valence-corrected chi connectivity index (χ2v) is 23.3. The van der Waals surface area contributed by atoms with Gasteiger partial charge in [0.25, 0.3) is 11.8 Å². The van der Waals surface area contributed by atoms with Crippen molar-refractivity contribution < 1.29 is 67.7 Å². The number of aromatic nitrogens is 2. The van der Waals surface area contributed by atoms with Crippen molar-refractivity contribution in [1.82, 2.24) is 71.3 Å². The van der Waals surface area contributed by atoms with Gasteiger partial charge in [-0.3, -0.25) is 57.5 Å². The lowest BCUT2D eigenvalue weighted by atomic mass is 9.99. The second kappa shape index (κ2) is 29.5. The number of piperidine rings is 2. The number of carbonyl (C=O) groups is 12. The van der Waals surface area contributed by atoms with Crippen molar-refractivity contribution in [3.63, 3.8) is 0 Å². The summed E-state index contributed by atoms with van der Waals surface area (Å²) in [6.45, 7) is -0.0133. The largest absolute Gasteiger partial charge is 0.505 e. The molecule has 8 rings (SSSR count). The van der Waals surface area contributed by atoms with Gasteiger partial charge in [0, 0.05) is 64.6 Å². The number of amides is 12. The van der Waals surface area contributed by atoms with Crippen molar-refractivity contribution in [3.05, 3.63) is 72.1 Å². The Bertz CT molecular complexity index is 3400. The van der Waals surface area contributed by atoms with E-state index < -0.39 is 175 Å². The van der Waals surface area contributed by atoms with Gasteiger partial charge in [-0.2, -0.15) is 0 Å². The topological polar surface area (TPSA) is 363 Å². The highest BCUT2D eigenvalue weighted by Gasteiger charge is 2.41. The number of hydrogen-bond donors (Lipinski definition) is 8. The number of pyridine rings is 2. The first-order valence-corrected chi connectivity index (χ1v) is 30.1. The summed E-state index contributed by atoms with van der Waals surface area (Å²) in [5.41, 5.74) is -0.151. The van der Waals surface area contributed by atoms with Gasteiger partial charge in [-0.25, -0.2) is 9.97 Å². The van der Waals surface area contributed by atoms with Crippen LogP contribution in [-0.4, -0.2) is 237 Å². The first-order valence-electron chi connectivity index (χ1n) is 30.1. The summed E-state index contributed by atoms with van der Waals surface area (Å²) in [5.74, 6) is -10.8. The summed E-state index contributed by atoms with van der Waals surface area (Å²) in [5, 5.41) is 38.8. The Kier molecular flexibility index (Phi) is 21.7. The van der Waals surface area contributed by atoms with E-state index in [2.05, 4.69) is 41.9 Å². The molecule has 0 saturated carbocycles. The maximum atomic E-state index is 14.9. The smallest absolute Gasteiger partial charge is 0.274 e. The van der Waals surface area contributed by atoms with Crippen LogP contribution in [0.1, 0.15) is 99.0 Å². The lowest BCUT2D eigenvalue weighted by Gasteiger charge is -2.37. The zero-order valence-electron chi connectivity index (χ0n) is 50.6. The van der Waals surface area contributed by atoms with Crippen LogP contribution in [0.2, 0.25) is 0 Å². The summed E-state index contributed by atoms with van der Waals surface area (Å²) in [4.78, 5) is 186. The Labute approximate surface area is 513 Å². The molecule has 0 unspecified atom stereocenters. The Morgan fingerprint density at radius 3 is 1.37 bits per heavy atom. The summed E-state index contributed by atoms with van der Waals surface area (Å²) >= 11 is 0. The molecule has 4 aliphatic heterocycles. The highest BCUT2D eigenvalue weighted by atomic mass is 16.3. The van der Waals surface area contributed by atoms with Gasteiger partial charge in [-0.05, 0) is 81.5 Å². The summed E-state index contributed by atoms with van der Waals surface area (Å²) in [7, 11) is 4.00. The molecular formula is C61H78N14O14. The number of carbonyl (C=O) groups excluding carboxylic acids is 12. The maximum Gasteiger partial charge on any atom is 0.274 e. The molecule has 0 radical (unpaired) electrons. The zero-order chi connectivity index (χ0) is 64.2. The number of fused-ring (bicyclic) bond motifs is 5. The van der Waals surface area contributed by atoms with E-state index in [1.54, 1.807) is 62.4 Å². The van der Waals surface area contributed by atoms with Crippen molar-refractivity contribution in [2.75, 3.05) is 80.0 Å². The predicted octanol–water partition coefficient (Wildman–Crippen LogP) is -0.497. The van der Waals surface area contributed by atoms with E-state index in [1.165, 1.54) is 48.0 Å².